The van der Waals surface area contributed by atoms with Crippen molar-refractivity contribution in [1.29, 1.82) is 0 Å². The van der Waals surface area contributed by atoms with Gasteiger partial charge in [-0.15, -0.1) is 0 Å². The molecule has 1 fully saturated rings. The lowest BCUT2D eigenvalue weighted by Crippen LogP contribution is -2.50. The van der Waals surface area contributed by atoms with Gasteiger partial charge in [-0.25, -0.2) is 5.84 Å². The summed E-state index contributed by atoms with van der Waals surface area (Å²) in [6.45, 7) is 1.66. The summed E-state index contributed by atoms with van der Waals surface area (Å²) in [4.78, 5) is 46.5. The topological polar surface area (TPSA) is 171 Å². The Morgan fingerprint density at radius 1 is 1.16 bits per heavy atom. The normalized spacial score (nSPS) is 20.1. The third kappa shape index (κ3) is 4.14. The molecule has 0 spiro atoms. The minimum absolute atomic E-state index is 0.0556. The van der Waals surface area contributed by atoms with Crippen LogP contribution in [-0.4, -0.2) is 34.4 Å². The number of anilines is 1. The van der Waals surface area contributed by atoms with Crippen LogP contribution >= 0.6 is 0 Å². The van der Waals surface area contributed by atoms with E-state index in [9.17, 15) is 29.8 Å². The first-order chi connectivity index (χ1) is 14.8. The van der Waals surface area contributed by atoms with Crippen LogP contribution < -0.4 is 16.2 Å². The van der Waals surface area contributed by atoms with E-state index in [1.807, 2.05) is 0 Å². The summed E-state index contributed by atoms with van der Waals surface area (Å²) in [5.41, 5.74) is -0.805. The van der Waals surface area contributed by atoms with Crippen LogP contribution in [-0.2, 0) is 14.3 Å². The number of esters is 1. The van der Waals surface area contributed by atoms with Gasteiger partial charge in [0.2, 0.25) is 5.91 Å². The molecule has 0 saturated carbocycles. The van der Waals surface area contributed by atoms with Crippen LogP contribution in [0.5, 0.6) is 0 Å². The smallest absolute Gasteiger partial charge is 0.314 e. The monoisotopic (exact) mass is 429 g/mol. The van der Waals surface area contributed by atoms with E-state index in [4.69, 9.17) is 10.6 Å². The maximum Gasteiger partial charge on any atom is 0.314 e. The van der Waals surface area contributed by atoms with Crippen molar-refractivity contribution >= 4 is 28.9 Å². The number of hydrogen-bond donors (Lipinski definition) is 2. The van der Waals surface area contributed by atoms with E-state index in [2.05, 4.69) is 5.32 Å². The SMILES string of the molecule is CCOC(=O)C1C(c2ccccc2)NC(=O)C1N(N)c1ccc([N+](=O)[O-])cc1[N+](=O)[O-]. The zero-order valence-electron chi connectivity index (χ0n) is 16.3. The fourth-order valence-corrected chi connectivity index (χ4v) is 3.57. The van der Waals surface area contributed by atoms with E-state index in [1.54, 1.807) is 37.3 Å². The molecule has 1 saturated heterocycles. The molecule has 12 heteroatoms. The van der Waals surface area contributed by atoms with Gasteiger partial charge in [0.15, 0.2) is 0 Å². The lowest BCUT2D eigenvalue weighted by atomic mass is 9.90. The molecule has 0 aliphatic carbocycles. The van der Waals surface area contributed by atoms with Crippen molar-refractivity contribution in [2.24, 2.45) is 11.8 Å². The third-order valence-corrected chi connectivity index (χ3v) is 4.93. The first kappa shape index (κ1) is 21.6. The first-order valence-corrected chi connectivity index (χ1v) is 9.25. The summed E-state index contributed by atoms with van der Waals surface area (Å²) in [5, 5.41) is 26.0. The van der Waals surface area contributed by atoms with Gasteiger partial charge in [-0.1, -0.05) is 30.3 Å². The molecular formula is C19H19N5O7. The van der Waals surface area contributed by atoms with Gasteiger partial charge < -0.3 is 10.1 Å². The molecule has 0 bridgehead atoms. The Labute approximate surface area is 175 Å². The Morgan fingerprint density at radius 2 is 1.84 bits per heavy atom. The lowest BCUT2D eigenvalue weighted by molar-refractivity contribution is -0.393. The second-order valence-corrected chi connectivity index (χ2v) is 6.71. The van der Waals surface area contributed by atoms with Crippen molar-refractivity contribution in [2.75, 3.05) is 11.6 Å². The van der Waals surface area contributed by atoms with Crippen molar-refractivity contribution < 1.29 is 24.2 Å². The number of carbonyl (C=O) groups is 2. The van der Waals surface area contributed by atoms with Crippen LogP contribution in [0.4, 0.5) is 17.1 Å². The number of nitrogens with zero attached hydrogens (tertiary/aromatic N) is 3. The van der Waals surface area contributed by atoms with Crippen LogP contribution in [0, 0.1) is 26.1 Å². The molecular weight excluding hydrogens is 410 g/mol. The van der Waals surface area contributed by atoms with Gasteiger partial charge in [0.1, 0.15) is 17.6 Å². The van der Waals surface area contributed by atoms with Crippen LogP contribution in [0.1, 0.15) is 18.5 Å². The Hall–Kier alpha value is -4.06. The summed E-state index contributed by atoms with van der Waals surface area (Å²) < 4.78 is 5.13. The third-order valence-electron chi connectivity index (χ3n) is 4.93. The van der Waals surface area contributed by atoms with E-state index in [0.717, 1.165) is 23.2 Å². The molecule has 0 aromatic heterocycles. The fourth-order valence-electron chi connectivity index (χ4n) is 3.57. The number of carbonyl (C=O) groups excluding carboxylic acids is 2. The van der Waals surface area contributed by atoms with Gasteiger partial charge in [-0.05, 0) is 18.6 Å². The molecule has 162 valence electrons. The summed E-state index contributed by atoms with van der Waals surface area (Å²) in [6, 6.07) is 9.40. The summed E-state index contributed by atoms with van der Waals surface area (Å²) >= 11 is 0. The molecule has 31 heavy (non-hydrogen) atoms. The number of nitrogens with one attached hydrogen (secondary N) is 1. The molecule has 3 rings (SSSR count). The van der Waals surface area contributed by atoms with Crippen LogP contribution in [0.15, 0.2) is 48.5 Å². The molecule has 3 unspecified atom stereocenters. The summed E-state index contributed by atoms with van der Waals surface area (Å²) in [6.07, 6.45) is 0. The average Bonchev–Trinajstić information content (AvgIpc) is 3.10. The Balaban J connectivity index is 2.07. The largest absolute Gasteiger partial charge is 0.466 e. The highest BCUT2D eigenvalue weighted by atomic mass is 16.6. The second-order valence-electron chi connectivity index (χ2n) is 6.71. The van der Waals surface area contributed by atoms with Crippen LogP contribution in [0.3, 0.4) is 0 Å². The summed E-state index contributed by atoms with van der Waals surface area (Å²) in [5.74, 6) is 3.65. The maximum absolute atomic E-state index is 12.8. The van der Waals surface area contributed by atoms with E-state index < -0.39 is 51.1 Å². The number of nitro benzene ring substituents is 2. The molecule has 2 aromatic carbocycles. The predicted octanol–water partition coefficient (Wildman–Crippen LogP) is 1.60. The minimum atomic E-state index is -1.34. The van der Waals surface area contributed by atoms with Crippen molar-refractivity contribution in [3.05, 3.63) is 74.3 Å². The standard InChI is InChI=1S/C19H19N5O7/c1-2-31-19(26)15-16(11-6-4-3-5-7-11)21-18(25)17(15)22(20)13-9-8-12(23(27)28)10-14(13)24(29)30/h3-10,15-17H,2,20H2,1H3,(H,21,25). The number of amides is 1. The van der Waals surface area contributed by atoms with Gasteiger partial charge in [0.25, 0.3) is 5.69 Å². The van der Waals surface area contributed by atoms with Gasteiger partial charge in [-0.3, -0.25) is 34.8 Å². The van der Waals surface area contributed by atoms with E-state index >= 15 is 0 Å². The quantitative estimate of drug-likeness (QED) is 0.287. The second kappa shape index (κ2) is 8.75. The van der Waals surface area contributed by atoms with Crippen molar-refractivity contribution in [2.45, 2.75) is 19.0 Å². The molecule has 1 aliphatic heterocycles. The molecule has 12 nitrogen and oxygen atoms in total. The van der Waals surface area contributed by atoms with Crippen molar-refractivity contribution in [1.82, 2.24) is 5.32 Å². The highest BCUT2D eigenvalue weighted by Gasteiger charge is 2.51. The predicted molar refractivity (Wildman–Crippen MR) is 108 cm³/mol. The van der Waals surface area contributed by atoms with E-state index in [1.165, 1.54) is 0 Å². The molecule has 1 amide bonds. The first-order valence-electron chi connectivity index (χ1n) is 9.25. The number of nitrogens with two attached hydrogens (primary N) is 1. The van der Waals surface area contributed by atoms with Crippen molar-refractivity contribution in [3.63, 3.8) is 0 Å². The molecule has 3 N–H and O–H groups in total. The van der Waals surface area contributed by atoms with Gasteiger partial charge in [0.05, 0.1) is 28.6 Å². The summed E-state index contributed by atoms with van der Waals surface area (Å²) in [7, 11) is 0. The molecule has 1 heterocycles. The molecule has 2 aromatic rings. The number of rotatable bonds is 7. The number of hydrogen-bond acceptors (Lipinski definition) is 9. The number of benzene rings is 2. The fraction of sp³-hybridized carbons (Fsp3) is 0.263. The molecule has 0 radical (unpaired) electrons. The van der Waals surface area contributed by atoms with Gasteiger partial charge in [0, 0.05) is 6.07 Å². The van der Waals surface area contributed by atoms with E-state index in [0.29, 0.717) is 5.56 Å². The highest BCUT2D eigenvalue weighted by Crippen LogP contribution is 2.38. The average molecular weight is 429 g/mol. The Kier molecular flexibility index (Phi) is 6.11. The Morgan fingerprint density at radius 3 is 2.42 bits per heavy atom. The van der Waals surface area contributed by atoms with Gasteiger partial charge in [-0.2, -0.15) is 0 Å². The lowest BCUT2D eigenvalue weighted by Gasteiger charge is -2.28. The maximum atomic E-state index is 12.8. The molecule has 1 aliphatic rings. The zero-order chi connectivity index (χ0) is 22.7. The van der Waals surface area contributed by atoms with Crippen LogP contribution in [0.2, 0.25) is 0 Å². The highest BCUT2D eigenvalue weighted by molar-refractivity contribution is 5.95. The van der Waals surface area contributed by atoms with Crippen molar-refractivity contribution in [3.8, 4) is 0 Å². The van der Waals surface area contributed by atoms with Gasteiger partial charge >= 0.3 is 11.7 Å². The number of non-ortho nitro benzene ring substituents is 1. The molecule has 3 atom stereocenters. The van der Waals surface area contributed by atoms with Crippen LogP contribution in [0.25, 0.3) is 0 Å². The number of ether oxygens (including phenoxy) is 1. The number of nitro groups is 2. The Bertz CT molecular complexity index is 1030. The zero-order valence-corrected chi connectivity index (χ0v) is 16.3. The minimum Gasteiger partial charge on any atom is -0.466 e. The number of hydrazine groups is 1. The van der Waals surface area contributed by atoms with E-state index in [-0.39, 0.29) is 12.3 Å².